The third-order valence-corrected chi connectivity index (χ3v) is 3.36. The van der Waals surface area contributed by atoms with Gasteiger partial charge in [0, 0.05) is 5.56 Å². The van der Waals surface area contributed by atoms with Gasteiger partial charge in [-0.25, -0.2) is 4.79 Å². The van der Waals surface area contributed by atoms with Crippen LogP contribution in [0.4, 0.5) is 0 Å². The molecule has 3 heteroatoms. The first-order chi connectivity index (χ1) is 10.2. The van der Waals surface area contributed by atoms with Crippen molar-refractivity contribution in [3.8, 4) is 11.3 Å². The van der Waals surface area contributed by atoms with Crippen molar-refractivity contribution >= 4 is 16.7 Å². The number of benzene rings is 2. The average Bonchev–Trinajstić information content (AvgIpc) is 2.89. The number of hydrogen-bond donors (Lipinski definition) is 0. The van der Waals surface area contributed by atoms with Gasteiger partial charge in [-0.2, -0.15) is 0 Å². The van der Waals surface area contributed by atoms with Crippen LogP contribution >= 0.6 is 0 Å². The van der Waals surface area contributed by atoms with Crippen LogP contribution in [0.2, 0.25) is 0 Å². The summed E-state index contributed by atoms with van der Waals surface area (Å²) in [5.74, 6) is 0.912. The summed E-state index contributed by atoms with van der Waals surface area (Å²) in [7, 11) is 0. The third-order valence-electron chi connectivity index (χ3n) is 3.36. The quantitative estimate of drug-likeness (QED) is 0.659. The Morgan fingerprint density at radius 3 is 2.62 bits per heavy atom. The van der Waals surface area contributed by atoms with Crippen LogP contribution in [0.5, 0.6) is 0 Å². The van der Waals surface area contributed by atoms with E-state index in [0.717, 1.165) is 16.3 Å². The first-order valence-corrected chi connectivity index (χ1v) is 6.96. The molecule has 0 fully saturated rings. The average molecular weight is 280 g/mol. The monoisotopic (exact) mass is 280 g/mol. The van der Waals surface area contributed by atoms with Gasteiger partial charge in [0.05, 0.1) is 6.61 Å². The first kappa shape index (κ1) is 13.4. The maximum Gasteiger partial charge on any atom is 0.342 e. The van der Waals surface area contributed by atoms with Gasteiger partial charge in [-0.05, 0) is 36.8 Å². The lowest BCUT2D eigenvalue weighted by Gasteiger charge is -2.04. The Bertz CT molecular complexity index is 799. The number of hydrogen-bond acceptors (Lipinski definition) is 3. The molecule has 0 N–H and O–H groups in total. The fourth-order valence-electron chi connectivity index (χ4n) is 2.42. The second kappa shape index (κ2) is 5.44. The molecule has 0 bridgehead atoms. The molecule has 0 aliphatic carbocycles. The molecule has 0 aliphatic heterocycles. The Labute approximate surface area is 123 Å². The topological polar surface area (TPSA) is 39.4 Å². The molecule has 3 aromatic rings. The molecule has 0 amide bonds. The summed E-state index contributed by atoms with van der Waals surface area (Å²) in [4.78, 5) is 12.0. The minimum Gasteiger partial charge on any atom is -0.462 e. The second-order valence-electron chi connectivity index (χ2n) is 4.88. The summed E-state index contributed by atoms with van der Waals surface area (Å²) in [5.41, 5.74) is 1.36. The van der Waals surface area contributed by atoms with Gasteiger partial charge in [0.15, 0.2) is 0 Å². The van der Waals surface area contributed by atoms with Crippen molar-refractivity contribution in [2.24, 2.45) is 0 Å². The molecule has 2 aromatic carbocycles. The van der Waals surface area contributed by atoms with Gasteiger partial charge in [0.1, 0.15) is 17.1 Å². The lowest BCUT2D eigenvalue weighted by molar-refractivity contribution is 0.0527. The first-order valence-electron chi connectivity index (χ1n) is 6.96. The normalized spacial score (nSPS) is 10.8. The van der Waals surface area contributed by atoms with Crippen molar-refractivity contribution in [1.82, 2.24) is 0 Å². The molecule has 0 saturated carbocycles. The highest BCUT2D eigenvalue weighted by atomic mass is 16.5. The molecule has 0 saturated heterocycles. The molecular formula is C18H16O3. The van der Waals surface area contributed by atoms with E-state index in [-0.39, 0.29) is 5.97 Å². The maximum absolute atomic E-state index is 12.0. The van der Waals surface area contributed by atoms with Gasteiger partial charge in [0.25, 0.3) is 0 Å². The minimum atomic E-state index is -0.350. The van der Waals surface area contributed by atoms with Crippen molar-refractivity contribution in [2.45, 2.75) is 13.8 Å². The largest absolute Gasteiger partial charge is 0.462 e. The molecule has 3 nitrogen and oxygen atoms in total. The number of esters is 1. The number of furan rings is 1. The Balaban J connectivity index is 2.11. The van der Waals surface area contributed by atoms with Crippen LogP contribution in [0.3, 0.4) is 0 Å². The second-order valence-corrected chi connectivity index (χ2v) is 4.88. The number of ether oxygens (including phenoxy) is 1. The zero-order valence-corrected chi connectivity index (χ0v) is 12.1. The highest BCUT2D eigenvalue weighted by Gasteiger charge is 2.19. The highest BCUT2D eigenvalue weighted by Crippen LogP contribution is 2.30. The highest BCUT2D eigenvalue weighted by molar-refractivity contribution is 5.97. The predicted molar refractivity (Wildman–Crippen MR) is 82.3 cm³/mol. The van der Waals surface area contributed by atoms with E-state index in [9.17, 15) is 4.79 Å². The number of rotatable bonds is 3. The summed E-state index contributed by atoms with van der Waals surface area (Å²) in [5, 5.41) is 2.26. The van der Waals surface area contributed by atoms with E-state index in [1.54, 1.807) is 13.0 Å². The lowest BCUT2D eigenvalue weighted by atomic mass is 10.0. The van der Waals surface area contributed by atoms with Crippen LogP contribution in [-0.2, 0) is 4.74 Å². The predicted octanol–water partition coefficient (Wildman–Crippen LogP) is 4.58. The van der Waals surface area contributed by atoms with Gasteiger partial charge in [-0.15, -0.1) is 0 Å². The van der Waals surface area contributed by atoms with E-state index >= 15 is 0 Å². The number of carbonyl (C=O) groups is 1. The molecule has 0 spiro atoms. The van der Waals surface area contributed by atoms with E-state index in [1.165, 1.54) is 0 Å². The third kappa shape index (κ3) is 2.55. The smallest absolute Gasteiger partial charge is 0.342 e. The summed E-state index contributed by atoms with van der Waals surface area (Å²) in [6.45, 7) is 3.97. The lowest BCUT2D eigenvalue weighted by Crippen LogP contribution is -2.04. The van der Waals surface area contributed by atoms with Crippen LogP contribution in [0, 0.1) is 6.92 Å². The van der Waals surface area contributed by atoms with Crippen LogP contribution in [-0.4, -0.2) is 12.6 Å². The van der Waals surface area contributed by atoms with E-state index in [4.69, 9.17) is 9.15 Å². The van der Waals surface area contributed by atoms with E-state index in [0.29, 0.717) is 23.7 Å². The number of aryl methyl sites for hydroxylation is 1. The van der Waals surface area contributed by atoms with Gasteiger partial charge in [0.2, 0.25) is 0 Å². The van der Waals surface area contributed by atoms with Crippen molar-refractivity contribution < 1.29 is 13.9 Å². The van der Waals surface area contributed by atoms with E-state index in [2.05, 4.69) is 6.07 Å². The molecule has 1 heterocycles. The molecule has 21 heavy (non-hydrogen) atoms. The molecule has 0 atom stereocenters. The molecule has 0 aliphatic rings. The summed E-state index contributed by atoms with van der Waals surface area (Å²) < 4.78 is 10.8. The summed E-state index contributed by atoms with van der Waals surface area (Å²) in [6, 6.07) is 15.8. The van der Waals surface area contributed by atoms with Crippen molar-refractivity contribution in [3.63, 3.8) is 0 Å². The molecule has 3 rings (SSSR count). The van der Waals surface area contributed by atoms with Crippen molar-refractivity contribution in [2.75, 3.05) is 6.61 Å². The van der Waals surface area contributed by atoms with Crippen LogP contribution in [0.25, 0.3) is 22.1 Å². The van der Waals surface area contributed by atoms with Gasteiger partial charge in [-0.3, -0.25) is 0 Å². The molecule has 106 valence electrons. The molecular weight excluding hydrogens is 264 g/mol. The van der Waals surface area contributed by atoms with Gasteiger partial charge >= 0.3 is 5.97 Å². The standard InChI is InChI=1S/C18H16O3/c1-3-20-18(19)16-10-12(2)21-17(16)15-9-8-13-6-4-5-7-14(13)11-15/h4-11H,3H2,1-2H3. The number of fused-ring (bicyclic) bond motifs is 1. The zero-order chi connectivity index (χ0) is 14.8. The SMILES string of the molecule is CCOC(=O)c1cc(C)oc1-c1ccc2ccccc2c1. The Morgan fingerprint density at radius 1 is 1.10 bits per heavy atom. The Kier molecular flexibility index (Phi) is 3.48. The Morgan fingerprint density at radius 2 is 1.86 bits per heavy atom. The minimum absolute atomic E-state index is 0.347. The van der Waals surface area contributed by atoms with Crippen molar-refractivity contribution in [1.29, 1.82) is 0 Å². The molecule has 1 aromatic heterocycles. The van der Waals surface area contributed by atoms with Crippen LogP contribution in [0.15, 0.2) is 52.9 Å². The molecule has 0 unspecified atom stereocenters. The molecule has 0 radical (unpaired) electrons. The van der Waals surface area contributed by atoms with Gasteiger partial charge < -0.3 is 9.15 Å². The fourth-order valence-corrected chi connectivity index (χ4v) is 2.42. The summed E-state index contributed by atoms with van der Waals surface area (Å²) >= 11 is 0. The number of carbonyl (C=O) groups excluding carboxylic acids is 1. The fraction of sp³-hybridized carbons (Fsp3) is 0.167. The zero-order valence-electron chi connectivity index (χ0n) is 12.1. The Hall–Kier alpha value is -2.55. The summed E-state index contributed by atoms with van der Waals surface area (Å²) in [6.07, 6.45) is 0. The van der Waals surface area contributed by atoms with Crippen molar-refractivity contribution in [3.05, 3.63) is 59.9 Å². The van der Waals surface area contributed by atoms with Crippen LogP contribution in [0.1, 0.15) is 23.0 Å². The van der Waals surface area contributed by atoms with Gasteiger partial charge in [-0.1, -0.05) is 36.4 Å². The van der Waals surface area contributed by atoms with Crippen LogP contribution < -0.4 is 0 Å². The van der Waals surface area contributed by atoms with E-state index < -0.39 is 0 Å². The van der Waals surface area contributed by atoms with E-state index in [1.807, 2.05) is 43.3 Å². The maximum atomic E-state index is 12.0.